The first-order valence-corrected chi connectivity index (χ1v) is 7.54. The van der Waals surface area contributed by atoms with Gasteiger partial charge in [-0.05, 0) is 30.3 Å². The van der Waals surface area contributed by atoms with E-state index in [1.807, 2.05) is 5.32 Å². The zero-order valence-corrected chi connectivity index (χ0v) is 13.3. The van der Waals surface area contributed by atoms with Gasteiger partial charge in [-0.2, -0.15) is 13.2 Å². The van der Waals surface area contributed by atoms with Crippen molar-refractivity contribution in [1.29, 1.82) is 0 Å². The second-order valence-corrected chi connectivity index (χ2v) is 6.08. The third-order valence-electron chi connectivity index (χ3n) is 4.01. The van der Waals surface area contributed by atoms with E-state index in [0.717, 1.165) is 12.1 Å². The van der Waals surface area contributed by atoms with Crippen LogP contribution >= 0.6 is 11.6 Å². The van der Waals surface area contributed by atoms with E-state index in [0.29, 0.717) is 5.02 Å². The van der Waals surface area contributed by atoms with Crippen LogP contribution in [0.3, 0.4) is 0 Å². The molecule has 0 unspecified atom stereocenters. The van der Waals surface area contributed by atoms with Crippen molar-refractivity contribution in [1.82, 2.24) is 0 Å². The van der Waals surface area contributed by atoms with E-state index in [-0.39, 0.29) is 11.1 Å². The SMILES string of the molecule is O=C(C[C@]1(O)C(=O)Nc2c(C(F)(F)F)cccc21)c1ccc(Cl)cc1. The zero-order valence-electron chi connectivity index (χ0n) is 12.5. The van der Waals surface area contributed by atoms with Crippen LogP contribution in [0.25, 0.3) is 0 Å². The highest BCUT2D eigenvalue weighted by molar-refractivity contribution is 6.30. The Bertz CT molecular complexity index is 864. The molecule has 1 aliphatic rings. The predicted molar refractivity (Wildman–Crippen MR) is 84.4 cm³/mol. The second kappa shape index (κ2) is 5.86. The molecule has 0 spiro atoms. The maximum Gasteiger partial charge on any atom is 0.418 e. The summed E-state index contributed by atoms with van der Waals surface area (Å²) in [5, 5.41) is 13.1. The Balaban J connectivity index is 1.99. The number of hydrogen-bond acceptors (Lipinski definition) is 3. The van der Waals surface area contributed by atoms with E-state index in [1.54, 1.807) is 0 Å². The van der Waals surface area contributed by atoms with Gasteiger partial charge in [0.2, 0.25) is 0 Å². The predicted octanol–water partition coefficient (Wildman–Crippen LogP) is 3.77. The quantitative estimate of drug-likeness (QED) is 0.809. The van der Waals surface area contributed by atoms with Gasteiger partial charge in [-0.25, -0.2) is 0 Å². The van der Waals surface area contributed by atoms with Gasteiger partial charge in [0.15, 0.2) is 11.4 Å². The summed E-state index contributed by atoms with van der Waals surface area (Å²) in [7, 11) is 0. The molecule has 2 N–H and O–H groups in total. The molecule has 1 amide bonds. The van der Waals surface area contributed by atoms with Crippen molar-refractivity contribution in [2.24, 2.45) is 0 Å². The highest BCUT2D eigenvalue weighted by atomic mass is 35.5. The molecule has 4 nitrogen and oxygen atoms in total. The van der Waals surface area contributed by atoms with Crippen LogP contribution < -0.4 is 5.32 Å². The smallest absolute Gasteiger partial charge is 0.375 e. The summed E-state index contributed by atoms with van der Waals surface area (Å²) >= 11 is 5.73. The molecule has 0 saturated carbocycles. The highest BCUT2D eigenvalue weighted by Crippen LogP contribution is 2.45. The molecule has 0 aliphatic carbocycles. The highest BCUT2D eigenvalue weighted by Gasteiger charge is 2.50. The first kappa shape index (κ1) is 17.4. The fourth-order valence-corrected chi connectivity index (χ4v) is 2.88. The first-order chi connectivity index (χ1) is 11.6. The molecule has 0 bridgehead atoms. The van der Waals surface area contributed by atoms with Gasteiger partial charge in [0.1, 0.15) is 0 Å². The average Bonchev–Trinajstić information content (AvgIpc) is 2.78. The van der Waals surface area contributed by atoms with Gasteiger partial charge in [0.05, 0.1) is 17.7 Å². The Morgan fingerprint density at radius 2 is 1.80 bits per heavy atom. The first-order valence-electron chi connectivity index (χ1n) is 7.16. The molecular formula is C17H11ClF3NO3. The van der Waals surface area contributed by atoms with Crippen LogP contribution in [0.5, 0.6) is 0 Å². The van der Waals surface area contributed by atoms with Crippen molar-refractivity contribution in [2.75, 3.05) is 5.32 Å². The molecule has 1 atom stereocenters. The van der Waals surface area contributed by atoms with Crippen LogP contribution in [0, 0.1) is 0 Å². The molecule has 2 aromatic rings. The van der Waals surface area contributed by atoms with Crippen LogP contribution in [0.2, 0.25) is 5.02 Å². The van der Waals surface area contributed by atoms with Gasteiger partial charge in [0, 0.05) is 16.1 Å². The number of benzene rings is 2. The molecule has 1 aliphatic heterocycles. The standard InChI is InChI=1S/C17H11ClF3NO3/c18-10-6-4-9(5-7-10)13(23)8-16(25)11-2-1-3-12(17(19,20)21)14(11)22-15(16)24/h1-7,25H,8H2,(H,22,24)/t16-/m1/s1. The summed E-state index contributed by atoms with van der Waals surface area (Å²) in [6.45, 7) is 0. The fraction of sp³-hybridized carbons (Fsp3) is 0.176. The normalized spacial score (nSPS) is 19.5. The van der Waals surface area contributed by atoms with Crippen molar-refractivity contribution >= 4 is 29.0 Å². The Hall–Kier alpha value is -2.38. The molecule has 25 heavy (non-hydrogen) atoms. The number of para-hydroxylation sites is 1. The Morgan fingerprint density at radius 3 is 2.40 bits per heavy atom. The number of alkyl halides is 3. The van der Waals surface area contributed by atoms with E-state index < -0.39 is 41.1 Å². The number of hydrogen-bond donors (Lipinski definition) is 2. The van der Waals surface area contributed by atoms with Crippen LogP contribution in [0.15, 0.2) is 42.5 Å². The number of ketones is 1. The van der Waals surface area contributed by atoms with Crippen molar-refractivity contribution in [3.63, 3.8) is 0 Å². The monoisotopic (exact) mass is 369 g/mol. The van der Waals surface area contributed by atoms with E-state index in [1.165, 1.54) is 30.3 Å². The number of fused-ring (bicyclic) bond motifs is 1. The number of nitrogens with one attached hydrogen (secondary N) is 1. The lowest BCUT2D eigenvalue weighted by Gasteiger charge is -2.20. The molecule has 3 rings (SSSR count). The van der Waals surface area contributed by atoms with Crippen molar-refractivity contribution in [3.8, 4) is 0 Å². The molecule has 8 heteroatoms. The third-order valence-corrected chi connectivity index (χ3v) is 4.26. The molecule has 0 radical (unpaired) electrons. The molecule has 0 aromatic heterocycles. The number of carbonyl (C=O) groups is 2. The van der Waals surface area contributed by atoms with Crippen molar-refractivity contribution < 1.29 is 27.9 Å². The summed E-state index contributed by atoms with van der Waals surface area (Å²) in [6, 6.07) is 8.82. The minimum Gasteiger partial charge on any atom is -0.375 e. The fourth-order valence-electron chi connectivity index (χ4n) is 2.75. The van der Waals surface area contributed by atoms with E-state index in [9.17, 15) is 27.9 Å². The lowest BCUT2D eigenvalue weighted by atomic mass is 9.87. The molecule has 2 aromatic carbocycles. The van der Waals surface area contributed by atoms with Crippen LogP contribution in [-0.4, -0.2) is 16.8 Å². The Labute approximate surface area is 145 Å². The molecule has 0 saturated heterocycles. The zero-order chi connectivity index (χ0) is 18.4. The molecule has 1 heterocycles. The maximum absolute atomic E-state index is 13.1. The number of halogens is 4. The number of anilines is 1. The summed E-state index contributed by atoms with van der Waals surface area (Å²) < 4.78 is 39.2. The topological polar surface area (TPSA) is 66.4 Å². The summed E-state index contributed by atoms with van der Waals surface area (Å²) in [6.07, 6.45) is -5.39. The lowest BCUT2D eigenvalue weighted by Crippen LogP contribution is -2.36. The van der Waals surface area contributed by atoms with Crippen LogP contribution in [0.4, 0.5) is 18.9 Å². The minimum atomic E-state index is -4.70. The second-order valence-electron chi connectivity index (χ2n) is 5.65. The number of Topliss-reactive ketones (excluding diaryl/α,β-unsaturated/α-hetero) is 1. The van der Waals surface area contributed by atoms with E-state index in [2.05, 4.69) is 0 Å². The maximum atomic E-state index is 13.1. The van der Waals surface area contributed by atoms with E-state index in [4.69, 9.17) is 11.6 Å². The Kier molecular flexibility index (Phi) is 4.09. The van der Waals surface area contributed by atoms with Gasteiger partial charge in [-0.3, -0.25) is 9.59 Å². The van der Waals surface area contributed by atoms with E-state index >= 15 is 0 Å². The average molecular weight is 370 g/mol. The largest absolute Gasteiger partial charge is 0.418 e. The summed E-state index contributed by atoms with van der Waals surface area (Å²) in [5.41, 5.74) is -4.05. The summed E-state index contributed by atoms with van der Waals surface area (Å²) in [4.78, 5) is 24.5. The van der Waals surface area contributed by atoms with Gasteiger partial charge in [-0.1, -0.05) is 23.7 Å². The molecule has 0 fully saturated rings. The van der Waals surface area contributed by atoms with Crippen molar-refractivity contribution in [2.45, 2.75) is 18.2 Å². The number of carbonyl (C=O) groups excluding carboxylic acids is 2. The van der Waals surface area contributed by atoms with Gasteiger partial charge < -0.3 is 10.4 Å². The molecule has 130 valence electrons. The van der Waals surface area contributed by atoms with Gasteiger partial charge in [0.25, 0.3) is 5.91 Å². The lowest BCUT2D eigenvalue weighted by molar-refractivity contribution is -0.137. The van der Waals surface area contributed by atoms with Crippen molar-refractivity contribution in [3.05, 3.63) is 64.2 Å². The minimum absolute atomic E-state index is 0.186. The number of amides is 1. The van der Waals surface area contributed by atoms with Gasteiger partial charge in [-0.15, -0.1) is 0 Å². The van der Waals surface area contributed by atoms with Crippen LogP contribution in [-0.2, 0) is 16.6 Å². The molecular weight excluding hydrogens is 359 g/mol. The summed E-state index contributed by atoms with van der Waals surface area (Å²) in [5.74, 6) is -1.67. The number of rotatable bonds is 3. The van der Waals surface area contributed by atoms with Crippen LogP contribution in [0.1, 0.15) is 27.9 Å². The number of aliphatic hydroxyl groups is 1. The van der Waals surface area contributed by atoms with Gasteiger partial charge >= 0.3 is 6.18 Å². The third kappa shape index (κ3) is 3.01. The Morgan fingerprint density at radius 1 is 1.16 bits per heavy atom.